The van der Waals surface area contributed by atoms with Crippen molar-refractivity contribution in [2.24, 2.45) is 0 Å². The van der Waals surface area contributed by atoms with E-state index in [9.17, 15) is 19.8 Å². The lowest BCUT2D eigenvalue weighted by Crippen LogP contribution is -2.45. The van der Waals surface area contributed by atoms with Crippen LogP contribution in [-0.2, 0) is 14.3 Å². The van der Waals surface area contributed by atoms with Crippen LogP contribution >= 0.6 is 0 Å². The van der Waals surface area contributed by atoms with Crippen LogP contribution in [0.5, 0.6) is 0 Å². The van der Waals surface area contributed by atoms with Gasteiger partial charge in [-0.15, -0.1) is 0 Å². The first-order valence-electron chi connectivity index (χ1n) is 26.4. The van der Waals surface area contributed by atoms with Crippen LogP contribution in [0.15, 0.2) is 48.6 Å². The van der Waals surface area contributed by atoms with Gasteiger partial charge in [-0.3, -0.25) is 9.59 Å². The van der Waals surface area contributed by atoms with E-state index in [2.05, 4.69) is 55.6 Å². The maximum Gasteiger partial charge on any atom is 0.305 e. The Balaban J connectivity index is 3.49. The second kappa shape index (κ2) is 50.5. The first kappa shape index (κ1) is 58.8. The van der Waals surface area contributed by atoms with Gasteiger partial charge in [0.15, 0.2) is 0 Å². The third-order valence-corrected chi connectivity index (χ3v) is 11.8. The molecule has 61 heavy (non-hydrogen) atoms. The van der Waals surface area contributed by atoms with Gasteiger partial charge in [0.2, 0.25) is 5.91 Å². The summed E-state index contributed by atoms with van der Waals surface area (Å²) in [5.74, 6) is -0.109. The van der Waals surface area contributed by atoms with Gasteiger partial charge in [-0.25, -0.2) is 0 Å². The SMILES string of the molecule is CCCCCCCCC/C=C\CCCCCCCCCC(=O)OCCCCC/C=C\C/C=C\CCCCCCCCCC(=O)NC(CO)C(O)/C=C/CCCCCCCCC. The van der Waals surface area contributed by atoms with E-state index in [4.69, 9.17) is 4.74 Å². The van der Waals surface area contributed by atoms with Crippen LogP contribution in [0.3, 0.4) is 0 Å². The number of carbonyl (C=O) groups excluding carboxylic acids is 2. The molecule has 0 saturated carbocycles. The zero-order valence-corrected chi connectivity index (χ0v) is 40.4. The molecule has 1 amide bonds. The van der Waals surface area contributed by atoms with Crippen molar-refractivity contribution in [3.8, 4) is 0 Å². The number of nitrogens with one attached hydrogen (secondary N) is 1. The van der Waals surface area contributed by atoms with E-state index in [1.165, 1.54) is 154 Å². The summed E-state index contributed by atoms with van der Waals surface area (Å²) in [5, 5.41) is 22.9. The van der Waals surface area contributed by atoms with Crippen LogP contribution in [0.2, 0.25) is 0 Å². The summed E-state index contributed by atoms with van der Waals surface area (Å²) < 4.78 is 5.45. The highest BCUT2D eigenvalue weighted by Gasteiger charge is 2.18. The summed E-state index contributed by atoms with van der Waals surface area (Å²) >= 11 is 0. The van der Waals surface area contributed by atoms with Crippen molar-refractivity contribution in [2.45, 2.75) is 276 Å². The van der Waals surface area contributed by atoms with Crippen molar-refractivity contribution in [1.29, 1.82) is 0 Å². The minimum Gasteiger partial charge on any atom is -0.466 e. The second-order valence-corrected chi connectivity index (χ2v) is 17.8. The van der Waals surface area contributed by atoms with E-state index in [1.54, 1.807) is 6.08 Å². The zero-order valence-electron chi connectivity index (χ0n) is 40.4. The summed E-state index contributed by atoms with van der Waals surface area (Å²) in [6.07, 6.45) is 62.7. The fourth-order valence-corrected chi connectivity index (χ4v) is 7.71. The number of ether oxygens (including phenoxy) is 1. The summed E-state index contributed by atoms with van der Waals surface area (Å²) in [6.45, 7) is 4.82. The van der Waals surface area contributed by atoms with E-state index in [0.29, 0.717) is 19.4 Å². The molecule has 0 spiro atoms. The van der Waals surface area contributed by atoms with Gasteiger partial charge in [-0.05, 0) is 96.3 Å². The average Bonchev–Trinajstić information content (AvgIpc) is 3.26. The van der Waals surface area contributed by atoms with E-state index in [-0.39, 0.29) is 18.5 Å². The van der Waals surface area contributed by atoms with E-state index >= 15 is 0 Å². The standard InChI is InChI=1S/C55H101NO5/c1-3-5-7-9-11-13-14-15-16-17-20-23-26-29-33-37-41-45-49-55(60)61-50-46-42-38-34-30-27-24-21-18-19-22-25-28-32-36-40-44-48-54(59)56-52(51-57)53(58)47-43-39-35-31-12-10-8-6-4-2/h16-18,21,27,30,43,47,52-53,57-58H,3-15,19-20,22-26,28-29,31-42,44-46,48-51H2,1-2H3,(H,56,59)/b17-16-,21-18-,30-27-,47-43+. The van der Waals surface area contributed by atoms with Gasteiger partial charge < -0.3 is 20.3 Å². The van der Waals surface area contributed by atoms with Crippen LogP contribution in [-0.4, -0.2) is 47.4 Å². The summed E-state index contributed by atoms with van der Waals surface area (Å²) in [6, 6.07) is -0.638. The molecule has 0 radical (unpaired) electrons. The Hall–Kier alpha value is -2.18. The molecule has 2 atom stereocenters. The molecule has 6 nitrogen and oxygen atoms in total. The quantitative estimate of drug-likeness (QED) is 0.0322. The number of rotatable bonds is 48. The fraction of sp³-hybridized carbons (Fsp3) is 0.818. The van der Waals surface area contributed by atoms with Crippen LogP contribution in [0.4, 0.5) is 0 Å². The molecule has 0 aromatic heterocycles. The molecule has 0 aromatic carbocycles. The minimum absolute atomic E-state index is 0.0205. The van der Waals surface area contributed by atoms with Gasteiger partial charge in [-0.2, -0.15) is 0 Å². The molecule has 0 saturated heterocycles. The first-order chi connectivity index (χ1) is 30.0. The van der Waals surface area contributed by atoms with Gasteiger partial charge in [0.25, 0.3) is 0 Å². The van der Waals surface area contributed by atoms with Crippen LogP contribution in [0, 0.1) is 0 Å². The zero-order chi connectivity index (χ0) is 44.4. The smallest absolute Gasteiger partial charge is 0.305 e. The number of aliphatic hydroxyl groups excluding tert-OH is 2. The Labute approximate surface area is 378 Å². The molecule has 0 heterocycles. The van der Waals surface area contributed by atoms with Crippen molar-refractivity contribution in [3.63, 3.8) is 0 Å². The van der Waals surface area contributed by atoms with Crippen molar-refractivity contribution in [2.75, 3.05) is 13.2 Å². The number of esters is 1. The molecule has 0 aromatic rings. The highest BCUT2D eigenvalue weighted by Crippen LogP contribution is 2.14. The van der Waals surface area contributed by atoms with Crippen LogP contribution in [0.1, 0.15) is 264 Å². The molecule has 6 heteroatoms. The number of amides is 1. The summed E-state index contributed by atoms with van der Waals surface area (Å²) in [5.41, 5.74) is 0. The van der Waals surface area contributed by atoms with Crippen LogP contribution < -0.4 is 5.32 Å². The van der Waals surface area contributed by atoms with Crippen molar-refractivity contribution in [1.82, 2.24) is 5.32 Å². The monoisotopic (exact) mass is 856 g/mol. The summed E-state index contributed by atoms with van der Waals surface area (Å²) in [7, 11) is 0. The molecule has 0 bridgehead atoms. The Morgan fingerprint density at radius 3 is 1.26 bits per heavy atom. The van der Waals surface area contributed by atoms with Crippen molar-refractivity contribution >= 4 is 11.9 Å². The van der Waals surface area contributed by atoms with Crippen molar-refractivity contribution < 1.29 is 24.5 Å². The van der Waals surface area contributed by atoms with Crippen molar-refractivity contribution in [3.05, 3.63) is 48.6 Å². The largest absolute Gasteiger partial charge is 0.466 e. The highest BCUT2D eigenvalue weighted by molar-refractivity contribution is 5.76. The lowest BCUT2D eigenvalue weighted by Gasteiger charge is -2.20. The highest BCUT2D eigenvalue weighted by atomic mass is 16.5. The Kier molecular flexibility index (Phi) is 48.7. The normalized spacial score (nSPS) is 13.0. The maximum atomic E-state index is 12.4. The maximum absolute atomic E-state index is 12.4. The van der Waals surface area contributed by atoms with Crippen LogP contribution in [0.25, 0.3) is 0 Å². The second-order valence-electron chi connectivity index (χ2n) is 17.8. The topological polar surface area (TPSA) is 95.9 Å². The third-order valence-electron chi connectivity index (χ3n) is 11.8. The number of carbonyl (C=O) groups is 2. The molecule has 2 unspecified atom stereocenters. The van der Waals surface area contributed by atoms with E-state index < -0.39 is 12.1 Å². The number of hydrogen-bond acceptors (Lipinski definition) is 5. The number of hydrogen-bond donors (Lipinski definition) is 3. The lowest BCUT2D eigenvalue weighted by atomic mass is 10.1. The Morgan fingerprint density at radius 2 is 0.820 bits per heavy atom. The molecule has 3 N–H and O–H groups in total. The van der Waals surface area contributed by atoms with E-state index in [1.807, 2.05) is 6.08 Å². The number of aliphatic hydroxyl groups is 2. The molecule has 0 rings (SSSR count). The molecular formula is C55H101NO5. The van der Waals surface area contributed by atoms with Gasteiger partial charge >= 0.3 is 5.97 Å². The molecule has 0 fully saturated rings. The van der Waals surface area contributed by atoms with Gasteiger partial charge in [-0.1, -0.05) is 204 Å². The molecule has 356 valence electrons. The predicted octanol–water partition coefficient (Wildman–Crippen LogP) is 15.8. The summed E-state index contributed by atoms with van der Waals surface area (Å²) in [4.78, 5) is 24.4. The minimum atomic E-state index is -0.853. The Bertz CT molecular complexity index is 1040. The number of allylic oxidation sites excluding steroid dienone is 7. The van der Waals surface area contributed by atoms with Gasteiger partial charge in [0, 0.05) is 12.8 Å². The van der Waals surface area contributed by atoms with E-state index in [0.717, 1.165) is 83.5 Å². The van der Waals surface area contributed by atoms with Gasteiger partial charge in [0.1, 0.15) is 0 Å². The number of unbranched alkanes of at least 4 members (excludes halogenated alkanes) is 31. The fourth-order valence-electron chi connectivity index (χ4n) is 7.71. The molecule has 0 aliphatic carbocycles. The molecular weight excluding hydrogens is 755 g/mol. The lowest BCUT2D eigenvalue weighted by molar-refractivity contribution is -0.143. The first-order valence-corrected chi connectivity index (χ1v) is 26.4. The molecule has 0 aliphatic heterocycles. The Morgan fingerprint density at radius 1 is 0.459 bits per heavy atom. The van der Waals surface area contributed by atoms with Gasteiger partial charge in [0.05, 0.1) is 25.4 Å². The molecule has 0 aliphatic rings. The third kappa shape index (κ3) is 47.1. The average molecular weight is 856 g/mol. The predicted molar refractivity (Wildman–Crippen MR) is 264 cm³/mol.